The van der Waals surface area contributed by atoms with Gasteiger partial charge >= 0.3 is 0 Å². The van der Waals surface area contributed by atoms with Crippen molar-refractivity contribution in [3.05, 3.63) is 60.4 Å². The van der Waals surface area contributed by atoms with Crippen molar-refractivity contribution in [3.8, 4) is 28.5 Å². The maximum absolute atomic E-state index is 12.7. The van der Waals surface area contributed by atoms with E-state index in [9.17, 15) is 4.79 Å². The molecule has 34 heavy (non-hydrogen) atoms. The molecule has 1 aliphatic heterocycles. The summed E-state index contributed by atoms with van der Waals surface area (Å²) in [5.41, 5.74) is 2.93. The fourth-order valence-electron chi connectivity index (χ4n) is 3.88. The lowest BCUT2D eigenvalue weighted by Crippen LogP contribution is -2.50. The number of carbonyl (C=O) groups is 1. The van der Waals surface area contributed by atoms with Crippen LogP contribution in [0.15, 0.2) is 54.9 Å². The second-order valence-corrected chi connectivity index (χ2v) is 8.03. The first-order valence-electron chi connectivity index (χ1n) is 11.4. The SMILES string of the molecule is CCOc1ccc(-c2cc(N3CCN(C(=O)COc4ccc(C)cc4OC)CC3)ncn2)cc1. The van der Waals surface area contributed by atoms with E-state index in [0.29, 0.717) is 44.3 Å². The zero-order valence-corrected chi connectivity index (χ0v) is 19.9. The van der Waals surface area contributed by atoms with E-state index in [0.717, 1.165) is 28.4 Å². The van der Waals surface area contributed by atoms with Gasteiger partial charge in [-0.25, -0.2) is 9.97 Å². The van der Waals surface area contributed by atoms with Gasteiger partial charge in [-0.3, -0.25) is 4.79 Å². The Kier molecular flexibility index (Phi) is 7.47. The van der Waals surface area contributed by atoms with Crippen LogP contribution in [0, 0.1) is 6.92 Å². The smallest absolute Gasteiger partial charge is 0.260 e. The summed E-state index contributed by atoms with van der Waals surface area (Å²) in [5, 5.41) is 0. The molecule has 0 radical (unpaired) electrons. The lowest BCUT2D eigenvalue weighted by molar-refractivity contribution is -0.133. The molecular weight excluding hydrogens is 432 g/mol. The van der Waals surface area contributed by atoms with Gasteiger partial charge in [0.15, 0.2) is 18.1 Å². The number of amides is 1. The van der Waals surface area contributed by atoms with Crippen LogP contribution in [-0.4, -0.2) is 67.3 Å². The number of aromatic nitrogens is 2. The van der Waals surface area contributed by atoms with Gasteiger partial charge in [-0.05, 0) is 55.8 Å². The largest absolute Gasteiger partial charge is 0.494 e. The summed E-state index contributed by atoms with van der Waals surface area (Å²) in [5.74, 6) is 2.85. The number of anilines is 1. The second kappa shape index (κ2) is 10.9. The van der Waals surface area contributed by atoms with Crippen molar-refractivity contribution in [2.45, 2.75) is 13.8 Å². The second-order valence-electron chi connectivity index (χ2n) is 8.03. The molecular formula is C26H30N4O4. The topological polar surface area (TPSA) is 77.0 Å². The zero-order valence-electron chi connectivity index (χ0n) is 19.9. The van der Waals surface area contributed by atoms with Crippen LogP contribution in [0.2, 0.25) is 0 Å². The molecule has 3 aromatic rings. The quantitative estimate of drug-likeness (QED) is 0.506. The summed E-state index contributed by atoms with van der Waals surface area (Å²) < 4.78 is 16.6. The third kappa shape index (κ3) is 5.57. The standard InChI is InChI=1S/C26H30N4O4/c1-4-33-21-8-6-20(7-9-21)22-16-25(28-18-27-22)29-11-13-30(14-12-29)26(31)17-34-23-10-5-19(2)15-24(23)32-3/h5-10,15-16,18H,4,11-14,17H2,1-3H3. The maximum atomic E-state index is 12.7. The first-order valence-corrected chi connectivity index (χ1v) is 11.4. The predicted molar refractivity (Wildman–Crippen MR) is 131 cm³/mol. The summed E-state index contributed by atoms with van der Waals surface area (Å²) in [6, 6.07) is 15.5. The first-order chi connectivity index (χ1) is 16.6. The Morgan fingerprint density at radius 1 is 0.941 bits per heavy atom. The molecule has 0 N–H and O–H groups in total. The molecule has 2 aromatic carbocycles. The molecule has 178 valence electrons. The highest BCUT2D eigenvalue weighted by Gasteiger charge is 2.23. The Morgan fingerprint density at radius 2 is 1.71 bits per heavy atom. The number of methoxy groups -OCH3 is 1. The molecule has 0 aliphatic carbocycles. The van der Waals surface area contributed by atoms with Crippen LogP contribution in [0.4, 0.5) is 5.82 Å². The van der Waals surface area contributed by atoms with Crippen molar-refractivity contribution >= 4 is 11.7 Å². The molecule has 1 aromatic heterocycles. The van der Waals surface area contributed by atoms with Crippen LogP contribution in [0.3, 0.4) is 0 Å². The summed E-state index contributed by atoms with van der Waals surface area (Å²) in [6.45, 7) is 7.16. The number of piperazine rings is 1. The van der Waals surface area contributed by atoms with Gasteiger partial charge in [0.25, 0.3) is 5.91 Å². The molecule has 1 aliphatic rings. The highest BCUT2D eigenvalue weighted by molar-refractivity contribution is 5.78. The van der Waals surface area contributed by atoms with Crippen LogP contribution < -0.4 is 19.1 Å². The van der Waals surface area contributed by atoms with E-state index in [-0.39, 0.29) is 12.5 Å². The van der Waals surface area contributed by atoms with Gasteiger partial charge in [0, 0.05) is 37.8 Å². The fraction of sp³-hybridized carbons (Fsp3) is 0.346. The van der Waals surface area contributed by atoms with Crippen LogP contribution in [0.5, 0.6) is 17.2 Å². The number of benzene rings is 2. The lowest BCUT2D eigenvalue weighted by Gasteiger charge is -2.35. The van der Waals surface area contributed by atoms with Gasteiger partial charge in [0.05, 0.1) is 19.4 Å². The number of hydrogen-bond donors (Lipinski definition) is 0. The summed E-state index contributed by atoms with van der Waals surface area (Å²) in [7, 11) is 1.59. The summed E-state index contributed by atoms with van der Waals surface area (Å²) in [4.78, 5) is 25.6. The Morgan fingerprint density at radius 3 is 2.41 bits per heavy atom. The Balaban J connectivity index is 1.33. The van der Waals surface area contributed by atoms with Crippen molar-refractivity contribution in [2.75, 3.05) is 51.4 Å². The zero-order chi connectivity index (χ0) is 23.9. The molecule has 2 heterocycles. The van der Waals surface area contributed by atoms with Gasteiger partial charge in [-0.15, -0.1) is 0 Å². The summed E-state index contributed by atoms with van der Waals surface area (Å²) >= 11 is 0. The third-order valence-corrected chi connectivity index (χ3v) is 5.74. The molecule has 0 unspecified atom stereocenters. The van der Waals surface area contributed by atoms with Crippen molar-refractivity contribution in [1.82, 2.24) is 14.9 Å². The number of nitrogens with zero attached hydrogens (tertiary/aromatic N) is 4. The van der Waals surface area contributed by atoms with E-state index in [4.69, 9.17) is 14.2 Å². The lowest BCUT2D eigenvalue weighted by atomic mass is 10.1. The van der Waals surface area contributed by atoms with Gasteiger partial charge < -0.3 is 24.0 Å². The average Bonchev–Trinajstić information content (AvgIpc) is 2.88. The van der Waals surface area contributed by atoms with Crippen molar-refractivity contribution in [3.63, 3.8) is 0 Å². The predicted octanol–water partition coefficient (Wildman–Crippen LogP) is 3.59. The fourth-order valence-corrected chi connectivity index (χ4v) is 3.88. The highest BCUT2D eigenvalue weighted by Crippen LogP contribution is 2.28. The van der Waals surface area contributed by atoms with E-state index >= 15 is 0 Å². The minimum absolute atomic E-state index is 0.0190. The molecule has 1 fully saturated rings. The van der Waals surface area contributed by atoms with E-state index < -0.39 is 0 Å². The van der Waals surface area contributed by atoms with Gasteiger partial charge in [-0.2, -0.15) is 0 Å². The van der Waals surface area contributed by atoms with Crippen molar-refractivity contribution in [2.24, 2.45) is 0 Å². The molecule has 8 nitrogen and oxygen atoms in total. The molecule has 0 atom stereocenters. The maximum Gasteiger partial charge on any atom is 0.260 e. The number of rotatable bonds is 8. The Bertz CT molecular complexity index is 1110. The molecule has 0 bridgehead atoms. The highest BCUT2D eigenvalue weighted by atomic mass is 16.5. The number of hydrogen-bond acceptors (Lipinski definition) is 7. The van der Waals surface area contributed by atoms with Crippen LogP contribution in [-0.2, 0) is 4.79 Å². The van der Waals surface area contributed by atoms with Crippen LogP contribution in [0.1, 0.15) is 12.5 Å². The number of aryl methyl sites for hydroxylation is 1. The number of ether oxygens (including phenoxy) is 3. The Hall–Kier alpha value is -3.81. The molecule has 1 saturated heterocycles. The minimum Gasteiger partial charge on any atom is -0.494 e. The van der Waals surface area contributed by atoms with E-state index in [1.54, 1.807) is 13.4 Å². The summed E-state index contributed by atoms with van der Waals surface area (Å²) in [6.07, 6.45) is 1.58. The molecule has 8 heteroatoms. The third-order valence-electron chi connectivity index (χ3n) is 5.74. The van der Waals surface area contributed by atoms with E-state index in [1.165, 1.54) is 0 Å². The molecule has 4 rings (SSSR count). The van der Waals surface area contributed by atoms with E-state index in [1.807, 2.05) is 67.3 Å². The van der Waals surface area contributed by atoms with Gasteiger partial charge in [-0.1, -0.05) is 6.07 Å². The van der Waals surface area contributed by atoms with Gasteiger partial charge in [0.1, 0.15) is 17.9 Å². The Labute approximate surface area is 200 Å². The molecule has 0 spiro atoms. The van der Waals surface area contributed by atoms with Crippen molar-refractivity contribution in [1.29, 1.82) is 0 Å². The van der Waals surface area contributed by atoms with Crippen molar-refractivity contribution < 1.29 is 19.0 Å². The monoisotopic (exact) mass is 462 g/mol. The van der Waals surface area contributed by atoms with Gasteiger partial charge in [0.2, 0.25) is 0 Å². The molecule has 0 saturated carbocycles. The number of carbonyl (C=O) groups excluding carboxylic acids is 1. The normalized spacial score (nSPS) is 13.5. The average molecular weight is 463 g/mol. The minimum atomic E-state index is -0.0416. The molecule has 1 amide bonds. The van der Waals surface area contributed by atoms with Crippen LogP contribution in [0.25, 0.3) is 11.3 Å². The van der Waals surface area contributed by atoms with Crippen LogP contribution >= 0.6 is 0 Å². The first kappa shape index (κ1) is 23.4. The van der Waals surface area contributed by atoms with E-state index in [2.05, 4.69) is 14.9 Å².